The van der Waals surface area contributed by atoms with Crippen molar-refractivity contribution in [1.29, 1.82) is 0 Å². The first-order valence-electron chi connectivity index (χ1n) is 5.60. The maximum absolute atomic E-state index is 5.93. The summed E-state index contributed by atoms with van der Waals surface area (Å²) in [5, 5.41) is 0. The highest BCUT2D eigenvalue weighted by molar-refractivity contribution is 4.82. The average molecular weight is 200 g/mol. The summed E-state index contributed by atoms with van der Waals surface area (Å²) >= 11 is 0. The molecule has 1 unspecified atom stereocenters. The Balaban J connectivity index is 2.18. The summed E-state index contributed by atoms with van der Waals surface area (Å²) in [5.41, 5.74) is 5.57. The van der Waals surface area contributed by atoms with Gasteiger partial charge in [-0.1, -0.05) is 0 Å². The van der Waals surface area contributed by atoms with Crippen LogP contribution in [0.25, 0.3) is 0 Å². The Morgan fingerprint density at radius 2 is 2.21 bits per heavy atom. The topological polar surface area (TPSA) is 38.5 Å². The maximum Gasteiger partial charge on any atom is 0.0710 e. The van der Waals surface area contributed by atoms with Crippen molar-refractivity contribution in [2.45, 2.75) is 44.8 Å². The molecule has 1 heterocycles. The van der Waals surface area contributed by atoms with Crippen molar-refractivity contribution < 1.29 is 4.74 Å². The molecule has 0 radical (unpaired) electrons. The van der Waals surface area contributed by atoms with Crippen molar-refractivity contribution in [1.82, 2.24) is 4.90 Å². The number of rotatable bonds is 5. The summed E-state index contributed by atoms with van der Waals surface area (Å²) < 4.78 is 5.93. The molecule has 0 aromatic carbocycles. The first kappa shape index (κ1) is 12.0. The quantitative estimate of drug-likeness (QED) is 0.725. The first-order chi connectivity index (χ1) is 6.53. The molecule has 0 aromatic heterocycles. The number of ether oxygens (including phenoxy) is 1. The Hall–Kier alpha value is -0.120. The van der Waals surface area contributed by atoms with Gasteiger partial charge < -0.3 is 15.4 Å². The van der Waals surface area contributed by atoms with Gasteiger partial charge in [0.2, 0.25) is 0 Å². The van der Waals surface area contributed by atoms with Crippen LogP contribution in [0, 0.1) is 0 Å². The van der Waals surface area contributed by atoms with Gasteiger partial charge in [0.15, 0.2) is 0 Å². The van der Waals surface area contributed by atoms with Crippen molar-refractivity contribution in [2.75, 3.05) is 26.7 Å². The van der Waals surface area contributed by atoms with Gasteiger partial charge in [-0.15, -0.1) is 0 Å². The molecule has 2 N–H and O–H groups in total. The molecule has 1 fully saturated rings. The van der Waals surface area contributed by atoms with Crippen LogP contribution in [0.5, 0.6) is 0 Å². The molecular weight excluding hydrogens is 176 g/mol. The van der Waals surface area contributed by atoms with E-state index in [9.17, 15) is 0 Å². The van der Waals surface area contributed by atoms with Crippen LogP contribution in [0.15, 0.2) is 0 Å². The van der Waals surface area contributed by atoms with E-state index in [1.165, 1.54) is 12.8 Å². The standard InChI is InChI=1S/C11H24N2O/c1-11(2)6-5-10(14-11)9-13(3)8-4-7-12/h10H,4-9,12H2,1-3H3. The van der Waals surface area contributed by atoms with E-state index in [1.54, 1.807) is 0 Å². The summed E-state index contributed by atoms with van der Waals surface area (Å²) in [4.78, 5) is 2.32. The Morgan fingerprint density at radius 3 is 2.71 bits per heavy atom. The lowest BCUT2D eigenvalue weighted by molar-refractivity contribution is -0.0259. The Bertz CT molecular complexity index is 171. The highest BCUT2D eigenvalue weighted by Gasteiger charge is 2.31. The van der Waals surface area contributed by atoms with Crippen LogP contribution in [-0.4, -0.2) is 43.3 Å². The zero-order chi connectivity index (χ0) is 10.6. The molecule has 3 heteroatoms. The molecule has 1 atom stereocenters. The molecule has 0 amide bonds. The number of nitrogens with zero attached hydrogens (tertiary/aromatic N) is 1. The molecular formula is C11H24N2O. The van der Waals surface area contributed by atoms with Crippen molar-refractivity contribution in [2.24, 2.45) is 5.73 Å². The molecule has 1 saturated heterocycles. The number of nitrogens with two attached hydrogens (primary N) is 1. The Morgan fingerprint density at radius 1 is 1.50 bits per heavy atom. The molecule has 0 saturated carbocycles. The lowest BCUT2D eigenvalue weighted by Crippen LogP contribution is -2.32. The van der Waals surface area contributed by atoms with Gasteiger partial charge in [0.05, 0.1) is 11.7 Å². The minimum Gasteiger partial charge on any atom is -0.371 e. The molecule has 3 nitrogen and oxygen atoms in total. The number of hydrogen-bond donors (Lipinski definition) is 1. The van der Waals surface area contributed by atoms with Crippen LogP contribution < -0.4 is 5.73 Å². The Labute approximate surface area is 87.6 Å². The van der Waals surface area contributed by atoms with Crippen LogP contribution in [0.3, 0.4) is 0 Å². The van der Waals surface area contributed by atoms with Crippen molar-refractivity contribution >= 4 is 0 Å². The van der Waals surface area contributed by atoms with Crippen molar-refractivity contribution in [3.63, 3.8) is 0 Å². The van der Waals surface area contributed by atoms with Gasteiger partial charge in [0, 0.05) is 6.54 Å². The highest BCUT2D eigenvalue weighted by Crippen LogP contribution is 2.29. The predicted octanol–water partition coefficient (Wildman–Crippen LogP) is 1.22. The van der Waals surface area contributed by atoms with E-state index in [2.05, 4.69) is 25.8 Å². The zero-order valence-electron chi connectivity index (χ0n) is 9.75. The summed E-state index contributed by atoms with van der Waals surface area (Å²) in [5.74, 6) is 0. The van der Waals surface area contributed by atoms with Crippen molar-refractivity contribution in [3.05, 3.63) is 0 Å². The van der Waals surface area contributed by atoms with E-state index in [-0.39, 0.29) is 5.60 Å². The monoisotopic (exact) mass is 200 g/mol. The highest BCUT2D eigenvalue weighted by atomic mass is 16.5. The third kappa shape index (κ3) is 3.95. The lowest BCUT2D eigenvalue weighted by Gasteiger charge is -2.23. The van der Waals surface area contributed by atoms with Crippen LogP contribution in [0.4, 0.5) is 0 Å². The fraction of sp³-hybridized carbons (Fsp3) is 1.00. The normalized spacial score (nSPS) is 25.9. The molecule has 84 valence electrons. The summed E-state index contributed by atoms with van der Waals surface area (Å²) in [6.07, 6.45) is 3.88. The molecule has 1 rings (SSSR count). The van der Waals surface area contributed by atoms with Gasteiger partial charge in [-0.2, -0.15) is 0 Å². The number of likely N-dealkylation sites (N-methyl/N-ethyl adjacent to an activating group) is 1. The average Bonchev–Trinajstić information content (AvgIpc) is 2.42. The van der Waals surface area contributed by atoms with E-state index in [0.717, 1.165) is 26.1 Å². The molecule has 0 spiro atoms. The summed E-state index contributed by atoms with van der Waals surface area (Å²) in [6, 6.07) is 0. The fourth-order valence-electron chi connectivity index (χ4n) is 2.01. The Kier molecular flexibility index (Phi) is 4.35. The number of hydrogen-bond acceptors (Lipinski definition) is 3. The zero-order valence-corrected chi connectivity index (χ0v) is 9.75. The van der Waals surface area contributed by atoms with Gasteiger partial charge >= 0.3 is 0 Å². The molecule has 0 aliphatic carbocycles. The first-order valence-corrected chi connectivity index (χ1v) is 5.60. The van der Waals surface area contributed by atoms with Crippen LogP contribution in [-0.2, 0) is 4.74 Å². The minimum atomic E-state index is 0.0966. The molecule has 0 bridgehead atoms. The molecule has 14 heavy (non-hydrogen) atoms. The van der Waals surface area contributed by atoms with Gasteiger partial charge in [-0.05, 0) is 53.2 Å². The van der Waals surface area contributed by atoms with E-state index in [1.807, 2.05) is 0 Å². The lowest BCUT2D eigenvalue weighted by atomic mass is 10.1. The van der Waals surface area contributed by atoms with E-state index in [4.69, 9.17) is 10.5 Å². The summed E-state index contributed by atoms with van der Waals surface area (Å²) in [6.45, 7) is 7.25. The summed E-state index contributed by atoms with van der Waals surface area (Å²) in [7, 11) is 2.14. The maximum atomic E-state index is 5.93. The van der Waals surface area contributed by atoms with Crippen LogP contribution >= 0.6 is 0 Å². The third-order valence-corrected chi connectivity index (χ3v) is 2.81. The predicted molar refractivity (Wildman–Crippen MR) is 59.4 cm³/mol. The SMILES string of the molecule is CN(CCCN)CC1CCC(C)(C)O1. The smallest absolute Gasteiger partial charge is 0.0710 e. The largest absolute Gasteiger partial charge is 0.371 e. The van der Waals surface area contributed by atoms with Gasteiger partial charge in [0.1, 0.15) is 0 Å². The minimum absolute atomic E-state index is 0.0966. The third-order valence-electron chi connectivity index (χ3n) is 2.81. The van der Waals surface area contributed by atoms with E-state index >= 15 is 0 Å². The second-order valence-electron chi connectivity index (χ2n) is 4.94. The molecule has 1 aliphatic heterocycles. The van der Waals surface area contributed by atoms with Crippen LogP contribution in [0.1, 0.15) is 33.1 Å². The van der Waals surface area contributed by atoms with Crippen LogP contribution in [0.2, 0.25) is 0 Å². The van der Waals surface area contributed by atoms with Gasteiger partial charge in [-0.25, -0.2) is 0 Å². The fourth-order valence-corrected chi connectivity index (χ4v) is 2.01. The second-order valence-corrected chi connectivity index (χ2v) is 4.94. The van der Waals surface area contributed by atoms with Crippen molar-refractivity contribution in [3.8, 4) is 0 Å². The van der Waals surface area contributed by atoms with E-state index < -0.39 is 0 Å². The van der Waals surface area contributed by atoms with Gasteiger partial charge in [0.25, 0.3) is 0 Å². The molecule has 0 aromatic rings. The van der Waals surface area contributed by atoms with Gasteiger partial charge in [-0.3, -0.25) is 0 Å². The van der Waals surface area contributed by atoms with E-state index in [0.29, 0.717) is 6.10 Å². The second kappa shape index (κ2) is 5.10. The molecule has 1 aliphatic rings.